The first-order valence-electron chi connectivity index (χ1n) is 3.84. The van der Waals surface area contributed by atoms with E-state index in [1.807, 2.05) is 0 Å². The number of ether oxygens (including phenoxy) is 1. The van der Waals surface area contributed by atoms with Crippen LogP contribution in [0.5, 0.6) is 0 Å². The quantitative estimate of drug-likeness (QED) is 0.319. The van der Waals surface area contributed by atoms with Crippen LogP contribution in [0.2, 0.25) is 0 Å². The van der Waals surface area contributed by atoms with E-state index in [1.165, 1.54) is 0 Å². The van der Waals surface area contributed by atoms with Gasteiger partial charge in [-0.2, -0.15) is 21.6 Å². The van der Waals surface area contributed by atoms with Crippen molar-refractivity contribution in [3.8, 4) is 0 Å². The highest BCUT2D eigenvalue weighted by Gasteiger charge is 2.49. The van der Waals surface area contributed by atoms with E-state index >= 15 is 0 Å². The molecule has 16 heavy (non-hydrogen) atoms. The molecule has 5 nitrogen and oxygen atoms in total. The molecule has 1 atom stereocenters. The molecule has 9 heteroatoms. The van der Waals surface area contributed by atoms with Crippen LogP contribution in [0.1, 0.15) is 6.42 Å². The van der Waals surface area contributed by atoms with E-state index in [1.54, 1.807) is 0 Å². The van der Waals surface area contributed by atoms with Gasteiger partial charge in [0.25, 0.3) is 0 Å². The number of esters is 1. The van der Waals surface area contributed by atoms with Gasteiger partial charge in [0, 0.05) is 6.42 Å². The van der Waals surface area contributed by atoms with Crippen molar-refractivity contribution >= 4 is 16.1 Å². The van der Waals surface area contributed by atoms with Gasteiger partial charge in [-0.25, -0.2) is 8.98 Å². The Kier molecular flexibility index (Phi) is 4.94. The molecule has 0 aromatic rings. The smallest absolute Gasteiger partial charge is 0.467 e. The van der Waals surface area contributed by atoms with Crippen molar-refractivity contribution < 1.29 is 35.3 Å². The Morgan fingerprint density at radius 3 is 2.31 bits per heavy atom. The fraction of sp³-hybridized carbons (Fsp3) is 0.571. The molecule has 0 N–H and O–H groups in total. The normalized spacial score (nSPS) is 14.2. The summed E-state index contributed by atoms with van der Waals surface area (Å²) >= 11 is 0. The highest BCUT2D eigenvalue weighted by Crippen LogP contribution is 2.26. The Labute approximate surface area is 90.0 Å². The zero-order valence-electron chi connectivity index (χ0n) is 8.15. The summed E-state index contributed by atoms with van der Waals surface area (Å²) in [5.74, 6) is -1.23. The lowest BCUT2D eigenvalue weighted by Gasteiger charge is -2.14. The summed E-state index contributed by atoms with van der Waals surface area (Å²) in [6.07, 6.45) is -1.26. The Bertz CT molecular complexity index is 359. The maximum Gasteiger partial charge on any atom is 0.523 e. The van der Waals surface area contributed by atoms with Gasteiger partial charge in [-0.1, -0.05) is 6.08 Å². The first kappa shape index (κ1) is 14.9. The third kappa shape index (κ3) is 3.81. The first-order chi connectivity index (χ1) is 7.15. The average Bonchev–Trinajstić information content (AvgIpc) is 2.14. The van der Waals surface area contributed by atoms with E-state index in [0.29, 0.717) is 0 Å². The number of carbonyl (C=O) groups is 1. The summed E-state index contributed by atoms with van der Waals surface area (Å²) in [4.78, 5) is 10.9. The molecule has 0 aliphatic rings. The van der Waals surface area contributed by atoms with E-state index in [-0.39, 0.29) is 0 Å². The maximum atomic E-state index is 11.9. The van der Waals surface area contributed by atoms with Crippen LogP contribution in [-0.2, 0) is 23.8 Å². The number of carbonyl (C=O) groups excluding carboxylic acids is 1. The van der Waals surface area contributed by atoms with Crippen LogP contribution in [0.4, 0.5) is 13.2 Å². The number of methoxy groups -OCH3 is 1. The number of rotatable bonds is 5. The van der Waals surface area contributed by atoms with Crippen LogP contribution in [-0.4, -0.2) is 33.1 Å². The third-order valence-corrected chi connectivity index (χ3v) is 2.42. The van der Waals surface area contributed by atoms with Crippen molar-refractivity contribution in [2.75, 3.05) is 7.11 Å². The molecule has 0 rings (SSSR count). The largest absolute Gasteiger partial charge is 0.523 e. The second kappa shape index (κ2) is 5.30. The monoisotopic (exact) mass is 262 g/mol. The third-order valence-electron chi connectivity index (χ3n) is 1.37. The highest BCUT2D eigenvalue weighted by atomic mass is 32.2. The molecule has 0 aliphatic carbocycles. The standard InChI is InChI=1S/C7H9F3O5S/c1-3-4-5(6(11)14-2)15-16(12,13)7(8,9)10/h3,5H,1,4H2,2H3/t5-/m0/s1. The van der Waals surface area contributed by atoms with Gasteiger partial charge in [-0.3, -0.25) is 0 Å². The SMILES string of the molecule is C=CC[C@H](OS(=O)(=O)C(F)(F)F)C(=O)OC. The molecule has 0 saturated heterocycles. The van der Waals surface area contributed by atoms with E-state index in [4.69, 9.17) is 0 Å². The van der Waals surface area contributed by atoms with E-state index in [2.05, 4.69) is 15.5 Å². The van der Waals surface area contributed by atoms with Gasteiger partial charge >= 0.3 is 21.6 Å². The first-order valence-corrected chi connectivity index (χ1v) is 5.24. The number of hydrogen-bond acceptors (Lipinski definition) is 5. The predicted octanol–water partition coefficient (Wildman–Crippen LogP) is 0.970. The zero-order valence-corrected chi connectivity index (χ0v) is 8.97. The van der Waals surface area contributed by atoms with Gasteiger partial charge in [-0.05, 0) is 0 Å². The number of alkyl halides is 3. The van der Waals surface area contributed by atoms with E-state index < -0.39 is 34.1 Å². The van der Waals surface area contributed by atoms with Crippen molar-refractivity contribution in [2.24, 2.45) is 0 Å². The van der Waals surface area contributed by atoms with Crippen LogP contribution < -0.4 is 0 Å². The zero-order chi connectivity index (χ0) is 13.0. The van der Waals surface area contributed by atoms with Crippen molar-refractivity contribution in [3.05, 3.63) is 12.7 Å². The Balaban J connectivity index is 4.90. The topological polar surface area (TPSA) is 69.7 Å². The summed E-state index contributed by atoms with van der Waals surface area (Å²) in [6.45, 7) is 3.15. The minimum absolute atomic E-state index is 0.415. The van der Waals surface area contributed by atoms with Crippen LogP contribution in [0.15, 0.2) is 12.7 Å². The minimum atomic E-state index is -5.82. The van der Waals surface area contributed by atoms with Crippen LogP contribution in [0, 0.1) is 0 Å². The Morgan fingerprint density at radius 2 is 2.00 bits per heavy atom. The van der Waals surface area contributed by atoms with Gasteiger partial charge in [0.05, 0.1) is 7.11 Å². The summed E-state index contributed by atoms with van der Waals surface area (Å²) in [7, 11) is -4.93. The van der Waals surface area contributed by atoms with Crippen LogP contribution in [0.3, 0.4) is 0 Å². The lowest BCUT2D eigenvalue weighted by Crippen LogP contribution is -2.34. The molecular weight excluding hydrogens is 253 g/mol. The fourth-order valence-electron chi connectivity index (χ4n) is 0.665. The van der Waals surface area contributed by atoms with Crippen LogP contribution >= 0.6 is 0 Å². The molecule has 0 heterocycles. The van der Waals surface area contributed by atoms with Gasteiger partial charge in [-0.15, -0.1) is 6.58 Å². The molecule has 0 radical (unpaired) electrons. The fourth-order valence-corrected chi connectivity index (χ4v) is 1.24. The predicted molar refractivity (Wildman–Crippen MR) is 46.7 cm³/mol. The van der Waals surface area contributed by atoms with Gasteiger partial charge in [0.2, 0.25) is 0 Å². The Hall–Kier alpha value is -1.09. The molecule has 0 spiro atoms. The molecule has 94 valence electrons. The summed E-state index contributed by atoms with van der Waals surface area (Å²) in [6, 6.07) is 0. The number of hydrogen-bond donors (Lipinski definition) is 0. The van der Waals surface area contributed by atoms with Gasteiger partial charge in [0.15, 0.2) is 6.10 Å². The minimum Gasteiger partial charge on any atom is -0.467 e. The molecule has 0 amide bonds. The van der Waals surface area contributed by atoms with Crippen molar-refractivity contribution in [1.29, 1.82) is 0 Å². The molecule has 0 saturated carbocycles. The van der Waals surface area contributed by atoms with Crippen molar-refractivity contribution in [1.82, 2.24) is 0 Å². The molecule has 0 aromatic carbocycles. The van der Waals surface area contributed by atoms with Gasteiger partial charge in [0.1, 0.15) is 0 Å². The maximum absolute atomic E-state index is 11.9. The molecule has 0 aliphatic heterocycles. The second-order valence-corrected chi connectivity index (χ2v) is 4.10. The lowest BCUT2D eigenvalue weighted by atomic mass is 10.2. The van der Waals surface area contributed by atoms with Crippen molar-refractivity contribution in [2.45, 2.75) is 18.0 Å². The molecule has 0 aromatic heterocycles. The average molecular weight is 262 g/mol. The van der Waals surface area contributed by atoms with Crippen molar-refractivity contribution in [3.63, 3.8) is 0 Å². The molecule has 0 fully saturated rings. The van der Waals surface area contributed by atoms with E-state index in [0.717, 1.165) is 13.2 Å². The second-order valence-electron chi connectivity index (χ2n) is 2.53. The molecule has 0 bridgehead atoms. The van der Waals surface area contributed by atoms with Crippen LogP contribution in [0.25, 0.3) is 0 Å². The summed E-state index contributed by atoms with van der Waals surface area (Å²) in [5.41, 5.74) is -5.58. The molecular formula is C7H9F3O5S. The lowest BCUT2D eigenvalue weighted by molar-refractivity contribution is -0.149. The summed E-state index contributed by atoms with van der Waals surface area (Å²) < 4.78 is 64.6. The van der Waals surface area contributed by atoms with Gasteiger partial charge < -0.3 is 4.74 Å². The highest BCUT2D eigenvalue weighted by molar-refractivity contribution is 7.87. The Morgan fingerprint density at radius 1 is 1.50 bits per heavy atom. The van der Waals surface area contributed by atoms with E-state index in [9.17, 15) is 26.4 Å². The number of halogens is 3. The molecule has 0 unspecified atom stereocenters. The summed E-state index contributed by atoms with van der Waals surface area (Å²) in [5, 5.41) is 0.